The van der Waals surface area contributed by atoms with Crippen LogP contribution >= 0.6 is 11.6 Å². The van der Waals surface area contributed by atoms with Gasteiger partial charge in [-0.3, -0.25) is 9.10 Å². The second kappa shape index (κ2) is 10.5. The fraction of sp³-hybridized carbons (Fsp3) is 0.458. The first-order valence-electron chi connectivity index (χ1n) is 10.9. The number of benzene rings is 2. The monoisotopic (exact) mass is 463 g/mol. The molecular formula is C24H30ClNO4S. The largest absolute Gasteiger partial charge is 0.466 e. The lowest BCUT2D eigenvalue weighted by Gasteiger charge is -2.21. The van der Waals surface area contributed by atoms with Gasteiger partial charge in [0, 0.05) is 24.4 Å². The van der Waals surface area contributed by atoms with Crippen LogP contribution in [0, 0.1) is 0 Å². The van der Waals surface area contributed by atoms with Crippen molar-refractivity contribution in [2.24, 2.45) is 0 Å². The van der Waals surface area contributed by atoms with Gasteiger partial charge in [0.15, 0.2) is 0 Å². The predicted molar refractivity (Wildman–Crippen MR) is 124 cm³/mol. The summed E-state index contributed by atoms with van der Waals surface area (Å²) in [5.41, 5.74) is 2.50. The smallest absolute Gasteiger partial charge is 0.305 e. The summed E-state index contributed by atoms with van der Waals surface area (Å²) in [5.74, 6) is -0.166. The number of anilines is 1. The number of unbranched alkanes of at least 4 members (excludes halogenated alkanes) is 4. The van der Waals surface area contributed by atoms with Crippen molar-refractivity contribution < 1.29 is 17.9 Å². The normalized spacial score (nSPS) is 16.9. The molecule has 1 aliphatic heterocycles. The molecular weight excluding hydrogens is 434 g/mol. The van der Waals surface area contributed by atoms with E-state index in [1.165, 1.54) is 4.31 Å². The Bertz CT molecular complexity index is 1020. The Kier molecular flexibility index (Phi) is 8.00. The summed E-state index contributed by atoms with van der Waals surface area (Å²) < 4.78 is 32.8. The third kappa shape index (κ3) is 5.42. The maximum atomic E-state index is 13.2. The van der Waals surface area contributed by atoms with Crippen LogP contribution in [0.4, 0.5) is 5.69 Å². The topological polar surface area (TPSA) is 63.7 Å². The van der Waals surface area contributed by atoms with Gasteiger partial charge < -0.3 is 4.74 Å². The number of carbonyl (C=O) groups excluding carboxylic acids is 1. The van der Waals surface area contributed by atoms with E-state index in [-0.39, 0.29) is 11.9 Å². The highest BCUT2D eigenvalue weighted by atomic mass is 35.5. The zero-order valence-corrected chi connectivity index (χ0v) is 19.7. The Balaban J connectivity index is 1.74. The molecule has 0 bridgehead atoms. The number of fused-ring (bicyclic) bond motifs is 2. The van der Waals surface area contributed by atoms with Crippen LogP contribution in [-0.4, -0.2) is 28.0 Å². The molecule has 0 radical (unpaired) electrons. The fourth-order valence-corrected chi connectivity index (χ4v) is 5.87. The van der Waals surface area contributed by atoms with Crippen LogP contribution in [0.1, 0.15) is 68.9 Å². The van der Waals surface area contributed by atoms with Gasteiger partial charge in [0.2, 0.25) is 0 Å². The Morgan fingerprint density at radius 2 is 1.74 bits per heavy atom. The molecule has 1 unspecified atom stereocenters. The molecule has 0 fully saturated rings. The van der Waals surface area contributed by atoms with Gasteiger partial charge in [0.25, 0.3) is 10.0 Å². The summed E-state index contributed by atoms with van der Waals surface area (Å²) >= 11 is 6.27. The molecule has 1 aliphatic rings. The number of esters is 1. The first-order chi connectivity index (χ1) is 14.9. The number of halogens is 1. The van der Waals surface area contributed by atoms with E-state index < -0.39 is 10.0 Å². The van der Waals surface area contributed by atoms with Crippen LogP contribution in [-0.2, 0) is 19.6 Å². The van der Waals surface area contributed by atoms with Gasteiger partial charge in [-0.1, -0.05) is 55.5 Å². The summed E-state index contributed by atoms with van der Waals surface area (Å²) in [5, 5.41) is 0.542. The van der Waals surface area contributed by atoms with Crippen molar-refractivity contribution in [3.05, 3.63) is 58.6 Å². The van der Waals surface area contributed by atoms with Crippen molar-refractivity contribution in [3.63, 3.8) is 0 Å². The van der Waals surface area contributed by atoms with Crippen LogP contribution in [0.25, 0.3) is 0 Å². The molecule has 0 aromatic heterocycles. The predicted octanol–water partition coefficient (Wildman–Crippen LogP) is 5.90. The standard InChI is InChI=1S/C24H30ClNO4S/c1-3-30-24(27)14-8-6-4-5-7-11-19-20-12-9-10-13-22(20)26(2)31(28,29)23-16-15-18(25)17-21(19)23/h9-10,12-13,15-17,19H,3-8,11,14H2,1-2H3. The van der Waals surface area contributed by atoms with E-state index in [2.05, 4.69) is 0 Å². The molecule has 2 aromatic carbocycles. The number of carbonyl (C=O) groups is 1. The minimum Gasteiger partial charge on any atom is -0.466 e. The highest BCUT2D eigenvalue weighted by molar-refractivity contribution is 7.92. The highest BCUT2D eigenvalue weighted by Crippen LogP contribution is 2.44. The van der Waals surface area contributed by atoms with Gasteiger partial charge in [-0.15, -0.1) is 0 Å². The third-order valence-corrected chi connectivity index (χ3v) is 7.90. The molecule has 3 rings (SSSR count). The van der Waals surface area contributed by atoms with E-state index in [0.29, 0.717) is 28.6 Å². The minimum atomic E-state index is -3.64. The van der Waals surface area contributed by atoms with E-state index in [1.54, 1.807) is 25.2 Å². The maximum absolute atomic E-state index is 13.2. The van der Waals surface area contributed by atoms with Gasteiger partial charge >= 0.3 is 5.97 Å². The fourth-order valence-electron chi connectivity index (χ4n) is 4.23. The molecule has 0 saturated heterocycles. The number of hydrogen-bond donors (Lipinski definition) is 0. The van der Waals surface area contributed by atoms with Crippen LogP contribution in [0.2, 0.25) is 5.02 Å². The van der Waals surface area contributed by atoms with E-state index in [1.807, 2.05) is 31.2 Å². The van der Waals surface area contributed by atoms with Crippen molar-refractivity contribution in [3.8, 4) is 0 Å². The van der Waals surface area contributed by atoms with Crippen molar-refractivity contribution >= 4 is 33.3 Å². The molecule has 0 amide bonds. The highest BCUT2D eigenvalue weighted by Gasteiger charge is 2.34. The molecule has 168 valence electrons. The molecule has 0 spiro atoms. The second-order valence-corrected chi connectivity index (χ2v) is 10.3. The molecule has 0 aliphatic carbocycles. The van der Waals surface area contributed by atoms with Crippen LogP contribution in [0.15, 0.2) is 47.4 Å². The van der Waals surface area contributed by atoms with Crippen molar-refractivity contribution in [2.45, 2.75) is 62.7 Å². The average molecular weight is 464 g/mol. The minimum absolute atomic E-state index is 0.0378. The third-order valence-electron chi connectivity index (χ3n) is 5.82. The molecule has 0 N–H and O–H groups in total. The van der Waals surface area contributed by atoms with Crippen molar-refractivity contribution in [2.75, 3.05) is 18.0 Å². The van der Waals surface area contributed by atoms with E-state index in [4.69, 9.17) is 16.3 Å². The molecule has 31 heavy (non-hydrogen) atoms. The van der Waals surface area contributed by atoms with Crippen molar-refractivity contribution in [1.82, 2.24) is 0 Å². The SMILES string of the molecule is CCOC(=O)CCCCCCCC1c2ccccc2N(C)S(=O)(=O)c2ccc(Cl)cc21. The van der Waals surface area contributed by atoms with Crippen LogP contribution in [0.3, 0.4) is 0 Å². The average Bonchev–Trinajstić information content (AvgIpc) is 2.81. The summed E-state index contributed by atoms with van der Waals surface area (Å²) in [6.45, 7) is 2.25. The van der Waals surface area contributed by atoms with Gasteiger partial charge in [-0.2, -0.15) is 0 Å². The van der Waals surface area contributed by atoms with Gasteiger partial charge in [-0.25, -0.2) is 8.42 Å². The summed E-state index contributed by atoms with van der Waals surface area (Å²) in [7, 11) is -2.04. The van der Waals surface area contributed by atoms with Gasteiger partial charge in [-0.05, 0) is 55.2 Å². The van der Waals surface area contributed by atoms with E-state index >= 15 is 0 Å². The number of rotatable bonds is 9. The van der Waals surface area contributed by atoms with Gasteiger partial charge in [0.1, 0.15) is 0 Å². The summed E-state index contributed by atoms with van der Waals surface area (Å²) in [6, 6.07) is 12.8. The Morgan fingerprint density at radius 3 is 2.52 bits per heavy atom. The summed E-state index contributed by atoms with van der Waals surface area (Å²) in [6.07, 6.45) is 6.17. The maximum Gasteiger partial charge on any atom is 0.305 e. The Hall–Kier alpha value is -2.05. The van der Waals surface area contributed by atoms with Crippen LogP contribution < -0.4 is 4.31 Å². The quantitative estimate of drug-likeness (QED) is 0.343. The van der Waals surface area contributed by atoms with Crippen molar-refractivity contribution in [1.29, 1.82) is 0 Å². The first-order valence-corrected chi connectivity index (χ1v) is 12.7. The molecule has 1 heterocycles. The molecule has 2 aromatic rings. The van der Waals surface area contributed by atoms with Crippen LogP contribution in [0.5, 0.6) is 0 Å². The molecule has 7 heteroatoms. The number of ether oxygens (including phenoxy) is 1. The number of nitrogens with zero attached hydrogens (tertiary/aromatic N) is 1. The lowest BCUT2D eigenvalue weighted by molar-refractivity contribution is -0.143. The Labute approximate surface area is 190 Å². The van der Waals surface area contributed by atoms with E-state index in [9.17, 15) is 13.2 Å². The number of sulfonamides is 1. The second-order valence-electron chi connectivity index (χ2n) is 7.88. The number of para-hydroxylation sites is 1. The summed E-state index contributed by atoms with van der Waals surface area (Å²) in [4.78, 5) is 11.8. The first kappa shape index (κ1) is 23.6. The molecule has 5 nitrogen and oxygen atoms in total. The molecule has 1 atom stereocenters. The zero-order chi connectivity index (χ0) is 22.4. The zero-order valence-electron chi connectivity index (χ0n) is 18.1. The van der Waals surface area contributed by atoms with E-state index in [0.717, 1.165) is 49.7 Å². The Morgan fingerprint density at radius 1 is 1.03 bits per heavy atom. The lowest BCUT2D eigenvalue weighted by Crippen LogP contribution is -2.26. The lowest BCUT2D eigenvalue weighted by atomic mass is 9.85. The molecule has 0 saturated carbocycles. The van der Waals surface area contributed by atoms with Gasteiger partial charge in [0.05, 0.1) is 17.2 Å². The number of hydrogen-bond acceptors (Lipinski definition) is 4.